The first-order chi connectivity index (χ1) is 16.4. The predicted octanol–water partition coefficient (Wildman–Crippen LogP) is 4.32. The van der Waals surface area contributed by atoms with E-state index in [1.54, 1.807) is 24.3 Å². The minimum absolute atomic E-state index is 0.0189. The van der Waals surface area contributed by atoms with Gasteiger partial charge >= 0.3 is 10.1 Å². The zero-order valence-electron chi connectivity index (χ0n) is 17.9. The van der Waals surface area contributed by atoms with Gasteiger partial charge in [-0.05, 0) is 66.2 Å². The third kappa shape index (κ3) is 6.13. The highest BCUT2D eigenvalue weighted by Crippen LogP contribution is 2.29. The van der Waals surface area contributed by atoms with Crippen LogP contribution in [0, 0.1) is 0 Å². The normalized spacial score (nSPS) is 11.6. The highest BCUT2D eigenvalue weighted by atomic mass is 32.2. The molecule has 4 rings (SSSR count). The minimum atomic E-state index is -3.97. The molecule has 1 heterocycles. The second-order valence-corrected chi connectivity index (χ2v) is 10.6. The lowest BCUT2D eigenvalue weighted by molar-refractivity contribution is -0.118. The largest absolute Gasteiger partial charge is 0.497 e. The highest BCUT2D eigenvalue weighted by molar-refractivity contribution is 8.01. The van der Waals surface area contributed by atoms with E-state index in [2.05, 4.69) is 15.5 Å². The molecule has 0 unspecified atom stereocenters. The molecule has 3 aromatic carbocycles. The highest BCUT2D eigenvalue weighted by Gasteiger charge is 2.16. The molecule has 0 aliphatic heterocycles. The predicted molar refractivity (Wildman–Crippen MR) is 133 cm³/mol. The maximum absolute atomic E-state index is 12.4. The fraction of sp³-hybridized carbons (Fsp3) is 0.0870. The van der Waals surface area contributed by atoms with E-state index in [4.69, 9.17) is 8.92 Å². The van der Waals surface area contributed by atoms with Crippen LogP contribution in [0.5, 0.6) is 11.5 Å². The Hall–Kier alpha value is -3.41. The maximum atomic E-state index is 12.4. The molecule has 1 amide bonds. The summed E-state index contributed by atoms with van der Waals surface area (Å²) in [4.78, 5) is 16.5. The molecule has 4 aromatic rings. The van der Waals surface area contributed by atoms with E-state index in [0.29, 0.717) is 11.3 Å². The monoisotopic (exact) mass is 513 g/mol. The number of amides is 1. The summed E-state index contributed by atoms with van der Waals surface area (Å²) in [5.41, 5.74) is 4.04. The Morgan fingerprint density at radius 1 is 1.06 bits per heavy atom. The van der Waals surface area contributed by atoms with Crippen molar-refractivity contribution in [2.24, 2.45) is 5.10 Å². The first-order valence-electron chi connectivity index (χ1n) is 9.92. The first kappa shape index (κ1) is 23.7. The van der Waals surface area contributed by atoms with Crippen LogP contribution >= 0.6 is 23.1 Å². The third-order valence-electron chi connectivity index (χ3n) is 4.44. The number of aromatic nitrogens is 1. The van der Waals surface area contributed by atoms with E-state index >= 15 is 0 Å². The Labute approximate surface area is 204 Å². The van der Waals surface area contributed by atoms with Crippen LogP contribution in [0.4, 0.5) is 0 Å². The van der Waals surface area contributed by atoms with Gasteiger partial charge in [0.15, 0.2) is 4.34 Å². The molecule has 0 fully saturated rings. The van der Waals surface area contributed by atoms with Crippen molar-refractivity contribution in [3.8, 4) is 11.5 Å². The number of methoxy groups -OCH3 is 1. The summed E-state index contributed by atoms with van der Waals surface area (Å²) in [6, 6.07) is 20.0. The first-order valence-corrected chi connectivity index (χ1v) is 13.1. The molecule has 1 N–H and O–H groups in total. The summed E-state index contributed by atoms with van der Waals surface area (Å²) in [7, 11) is -2.47. The van der Waals surface area contributed by atoms with Crippen LogP contribution in [0.15, 0.2) is 87.1 Å². The van der Waals surface area contributed by atoms with Gasteiger partial charge in [0.05, 0.1) is 29.3 Å². The molecular formula is C23H19N3O5S3. The molecule has 34 heavy (non-hydrogen) atoms. The summed E-state index contributed by atoms with van der Waals surface area (Å²) in [5, 5.41) is 3.94. The summed E-state index contributed by atoms with van der Waals surface area (Å²) in [5.74, 6) is 0.632. The van der Waals surface area contributed by atoms with Crippen LogP contribution in [0.3, 0.4) is 0 Å². The van der Waals surface area contributed by atoms with Gasteiger partial charge in [0.25, 0.3) is 5.91 Å². The fourth-order valence-electron chi connectivity index (χ4n) is 2.78. The summed E-state index contributed by atoms with van der Waals surface area (Å²) in [6.45, 7) is 0. The van der Waals surface area contributed by atoms with Crippen LogP contribution < -0.4 is 14.3 Å². The molecule has 8 nitrogen and oxygen atoms in total. The zero-order chi connectivity index (χ0) is 24.0. The van der Waals surface area contributed by atoms with Gasteiger partial charge in [0, 0.05) is 0 Å². The van der Waals surface area contributed by atoms with E-state index in [-0.39, 0.29) is 22.3 Å². The Balaban J connectivity index is 1.27. The van der Waals surface area contributed by atoms with Crippen molar-refractivity contribution in [3.05, 3.63) is 78.4 Å². The number of hydrazone groups is 1. The van der Waals surface area contributed by atoms with Crippen molar-refractivity contribution in [3.63, 3.8) is 0 Å². The molecule has 0 spiro atoms. The number of benzene rings is 3. The Bertz CT molecular complexity index is 1380. The van der Waals surface area contributed by atoms with E-state index in [1.165, 1.54) is 60.7 Å². The number of para-hydroxylation sites is 1. The minimum Gasteiger partial charge on any atom is -0.497 e. The number of carbonyl (C=O) groups excluding carboxylic acids is 1. The molecule has 0 aliphatic rings. The van der Waals surface area contributed by atoms with E-state index in [1.807, 2.05) is 24.3 Å². The van der Waals surface area contributed by atoms with Gasteiger partial charge in [-0.25, -0.2) is 10.4 Å². The van der Waals surface area contributed by atoms with Gasteiger partial charge in [-0.2, -0.15) is 13.5 Å². The van der Waals surface area contributed by atoms with Crippen molar-refractivity contribution in [1.82, 2.24) is 10.4 Å². The smallest absolute Gasteiger partial charge is 0.339 e. The molecule has 0 atom stereocenters. The van der Waals surface area contributed by atoms with Crippen molar-refractivity contribution >= 4 is 55.6 Å². The van der Waals surface area contributed by atoms with E-state index < -0.39 is 10.1 Å². The lowest BCUT2D eigenvalue weighted by Crippen LogP contribution is -2.19. The van der Waals surface area contributed by atoms with Crippen molar-refractivity contribution in [2.45, 2.75) is 9.24 Å². The number of fused-ring (bicyclic) bond motifs is 1. The molecular weight excluding hydrogens is 494 g/mol. The van der Waals surface area contributed by atoms with Crippen molar-refractivity contribution in [1.29, 1.82) is 0 Å². The second-order valence-electron chi connectivity index (χ2n) is 6.81. The number of hydrogen-bond donors (Lipinski definition) is 1. The summed E-state index contributed by atoms with van der Waals surface area (Å²) in [6.07, 6.45) is 1.46. The zero-order valence-corrected chi connectivity index (χ0v) is 20.3. The molecule has 0 saturated carbocycles. The number of carbonyl (C=O) groups is 1. The van der Waals surface area contributed by atoms with Gasteiger partial charge in [0.2, 0.25) is 0 Å². The molecule has 0 saturated heterocycles. The summed E-state index contributed by atoms with van der Waals surface area (Å²) >= 11 is 2.89. The SMILES string of the molecule is COc1ccc(S(=O)(=O)Oc2ccc(/C=N\NC(=O)CSc3nc4ccccc4s3)cc2)cc1. The molecule has 174 valence electrons. The van der Waals surface area contributed by atoms with Crippen LogP contribution in [0.25, 0.3) is 10.2 Å². The van der Waals surface area contributed by atoms with Crippen LogP contribution in [-0.2, 0) is 14.9 Å². The Morgan fingerprint density at radius 3 is 2.47 bits per heavy atom. The number of ether oxygens (including phenoxy) is 1. The van der Waals surface area contributed by atoms with Crippen molar-refractivity contribution in [2.75, 3.05) is 12.9 Å². The van der Waals surface area contributed by atoms with E-state index in [0.717, 1.165) is 14.6 Å². The van der Waals surface area contributed by atoms with Crippen LogP contribution in [-0.4, -0.2) is 38.4 Å². The topological polar surface area (TPSA) is 107 Å². The van der Waals surface area contributed by atoms with Gasteiger partial charge < -0.3 is 8.92 Å². The molecule has 1 aromatic heterocycles. The maximum Gasteiger partial charge on any atom is 0.339 e. The Morgan fingerprint density at radius 2 is 1.76 bits per heavy atom. The number of thiazole rings is 1. The van der Waals surface area contributed by atoms with Crippen molar-refractivity contribution < 1.29 is 22.1 Å². The average molecular weight is 514 g/mol. The quantitative estimate of drug-likeness (QED) is 0.154. The third-order valence-corrected chi connectivity index (χ3v) is 7.88. The fourth-order valence-corrected chi connectivity index (χ4v) is 5.57. The van der Waals surface area contributed by atoms with Crippen LogP contribution in [0.2, 0.25) is 0 Å². The number of hydrogen-bond acceptors (Lipinski definition) is 9. The van der Waals surface area contributed by atoms with E-state index in [9.17, 15) is 13.2 Å². The molecule has 0 radical (unpaired) electrons. The number of thioether (sulfide) groups is 1. The van der Waals surface area contributed by atoms with Gasteiger partial charge in [-0.15, -0.1) is 11.3 Å². The molecule has 0 aliphatic carbocycles. The lowest BCUT2D eigenvalue weighted by atomic mass is 10.2. The number of rotatable bonds is 9. The van der Waals surface area contributed by atoms with Gasteiger partial charge in [-0.3, -0.25) is 4.79 Å². The van der Waals surface area contributed by atoms with Gasteiger partial charge in [0.1, 0.15) is 16.4 Å². The molecule has 11 heteroatoms. The standard InChI is InChI=1S/C23H19N3O5S3/c1-30-17-10-12-19(13-11-17)34(28,29)31-18-8-6-16(7-9-18)14-24-26-22(27)15-32-23-25-20-4-2-3-5-21(20)33-23/h2-14H,15H2,1H3,(H,26,27)/b24-14-. The lowest BCUT2D eigenvalue weighted by Gasteiger charge is -2.08. The Kier molecular flexibility index (Phi) is 7.46. The number of nitrogens with zero attached hydrogens (tertiary/aromatic N) is 2. The van der Waals surface area contributed by atoms with Crippen LogP contribution in [0.1, 0.15) is 5.56 Å². The van der Waals surface area contributed by atoms with Gasteiger partial charge in [-0.1, -0.05) is 23.9 Å². The average Bonchev–Trinajstić information content (AvgIpc) is 3.27. The number of nitrogens with one attached hydrogen (secondary N) is 1. The summed E-state index contributed by atoms with van der Waals surface area (Å²) < 4.78 is 36.9. The molecule has 0 bridgehead atoms. The second kappa shape index (κ2) is 10.7.